The molecule has 0 saturated heterocycles. The van der Waals surface area contributed by atoms with Crippen LogP contribution >= 0.6 is 11.6 Å². The maximum absolute atomic E-state index is 10.5. The van der Waals surface area contributed by atoms with Gasteiger partial charge in [-0.2, -0.15) is 0 Å². The van der Waals surface area contributed by atoms with E-state index in [0.29, 0.717) is 5.82 Å². The summed E-state index contributed by atoms with van der Waals surface area (Å²) < 4.78 is 0. The molecule has 1 heterocycles. The molecular weight excluding hydrogens is 182 g/mol. The van der Waals surface area contributed by atoms with Crippen molar-refractivity contribution < 1.29 is 9.90 Å². The Kier molecular flexibility index (Phi) is 2.44. The van der Waals surface area contributed by atoms with Gasteiger partial charge in [0.15, 0.2) is 5.69 Å². The Morgan fingerprint density at radius 1 is 1.67 bits per heavy atom. The van der Waals surface area contributed by atoms with Crippen LogP contribution in [-0.2, 0) is 0 Å². The van der Waals surface area contributed by atoms with E-state index in [1.807, 2.05) is 0 Å². The molecule has 5 nitrogen and oxygen atoms in total. The van der Waals surface area contributed by atoms with E-state index in [-0.39, 0.29) is 10.7 Å². The maximum Gasteiger partial charge on any atom is 0.356 e. The van der Waals surface area contributed by atoms with Crippen molar-refractivity contribution in [2.24, 2.45) is 0 Å². The van der Waals surface area contributed by atoms with Crippen LogP contribution in [0.4, 0.5) is 5.82 Å². The SMILES string of the molecule is CNc1ncnc(C(=O)O)c1Cl. The lowest BCUT2D eigenvalue weighted by atomic mass is 10.4. The number of carboxylic acid groups (broad SMARTS) is 1. The number of carbonyl (C=O) groups is 1. The van der Waals surface area contributed by atoms with Crippen molar-refractivity contribution in [3.05, 3.63) is 17.0 Å². The molecular formula is C6H6ClN3O2. The fourth-order valence-corrected chi connectivity index (χ4v) is 0.966. The number of rotatable bonds is 2. The lowest BCUT2D eigenvalue weighted by Crippen LogP contribution is -2.05. The molecule has 0 unspecified atom stereocenters. The van der Waals surface area contributed by atoms with Gasteiger partial charge in [0.25, 0.3) is 0 Å². The Morgan fingerprint density at radius 2 is 2.33 bits per heavy atom. The Hall–Kier alpha value is -1.36. The van der Waals surface area contributed by atoms with Gasteiger partial charge in [-0.1, -0.05) is 11.6 Å². The third-order valence-corrected chi connectivity index (χ3v) is 1.59. The van der Waals surface area contributed by atoms with Crippen LogP contribution in [0, 0.1) is 0 Å². The zero-order valence-corrected chi connectivity index (χ0v) is 6.96. The molecule has 0 aliphatic heterocycles. The fourth-order valence-electron chi connectivity index (χ4n) is 0.693. The summed E-state index contributed by atoms with van der Waals surface area (Å²) in [6.45, 7) is 0. The van der Waals surface area contributed by atoms with Gasteiger partial charge in [0.05, 0.1) is 0 Å². The third kappa shape index (κ3) is 1.45. The van der Waals surface area contributed by atoms with Gasteiger partial charge in [-0.3, -0.25) is 0 Å². The number of aromatic nitrogens is 2. The van der Waals surface area contributed by atoms with Crippen molar-refractivity contribution in [2.45, 2.75) is 0 Å². The van der Waals surface area contributed by atoms with Gasteiger partial charge in [0.1, 0.15) is 17.2 Å². The quantitative estimate of drug-likeness (QED) is 0.719. The van der Waals surface area contributed by atoms with Crippen molar-refractivity contribution in [3.8, 4) is 0 Å². The van der Waals surface area contributed by atoms with E-state index in [0.717, 1.165) is 6.33 Å². The molecule has 0 fully saturated rings. The Balaban J connectivity index is 3.23. The minimum Gasteiger partial charge on any atom is -0.476 e. The topological polar surface area (TPSA) is 75.1 Å². The van der Waals surface area contributed by atoms with Gasteiger partial charge in [0, 0.05) is 7.05 Å². The first-order valence-corrected chi connectivity index (χ1v) is 3.46. The molecule has 0 aliphatic rings. The van der Waals surface area contributed by atoms with E-state index in [2.05, 4.69) is 15.3 Å². The normalized spacial score (nSPS) is 9.50. The first kappa shape index (κ1) is 8.73. The van der Waals surface area contributed by atoms with Gasteiger partial charge in [-0.05, 0) is 0 Å². The van der Waals surface area contributed by atoms with Crippen LogP contribution < -0.4 is 5.32 Å². The predicted molar refractivity (Wildman–Crippen MR) is 43.5 cm³/mol. The molecule has 1 rings (SSSR count). The summed E-state index contributed by atoms with van der Waals surface area (Å²) in [5.41, 5.74) is -0.198. The van der Waals surface area contributed by atoms with Crippen LogP contribution in [0.3, 0.4) is 0 Å². The molecule has 0 saturated carbocycles. The van der Waals surface area contributed by atoms with Crippen molar-refractivity contribution in [1.29, 1.82) is 0 Å². The number of nitrogens with zero attached hydrogens (tertiary/aromatic N) is 2. The zero-order chi connectivity index (χ0) is 9.14. The molecule has 1 aromatic heterocycles. The molecule has 0 aliphatic carbocycles. The molecule has 2 N–H and O–H groups in total. The van der Waals surface area contributed by atoms with E-state index in [1.54, 1.807) is 7.05 Å². The highest BCUT2D eigenvalue weighted by molar-refractivity contribution is 6.35. The third-order valence-electron chi connectivity index (χ3n) is 1.23. The Morgan fingerprint density at radius 3 is 2.83 bits per heavy atom. The molecule has 0 bridgehead atoms. The van der Waals surface area contributed by atoms with Crippen LogP contribution in [0.5, 0.6) is 0 Å². The lowest BCUT2D eigenvalue weighted by molar-refractivity contribution is 0.0690. The number of aromatic carboxylic acids is 1. The molecule has 0 atom stereocenters. The van der Waals surface area contributed by atoms with Crippen molar-refractivity contribution >= 4 is 23.4 Å². The molecule has 6 heteroatoms. The molecule has 0 radical (unpaired) electrons. The fraction of sp³-hybridized carbons (Fsp3) is 0.167. The Bertz CT molecular complexity index is 316. The monoisotopic (exact) mass is 187 g/mol. The minimum absolute atomic E-state index is 0.0208. The average molecular weight is 188 g/mol. The summed E-state index contributed by atoms with van der Waals surface area (Å²) in [7, 11) is 1.60. The van der Waals surface area contributed by atoms with E-state index >= 15 is 0 Å². The first-order valence-electron chi connectivity index (χ1n) is 3.08. The van der Waals surface area contributed by atoms with Crippen LogP contribution in [0.1, 0.15) is 10.5 Å². The largest absolute Gasteiger partial charge is 0.476 e. The second kappa shape index (κ2) is 3.36. The number of halogens is 1. The number of carboxylic acids is 1. The highest BCUT2D eigenvalue weighted by atomic mass is 35.5. The first-order chi connectivity index (χ1) is 5.66. The average Bonchev–Trinajstić information content (AvgIpc) is 2.04. The predicted octanol–water partition coefficient (Wildman–Crippen LogP) is 0.870. The lowest BCUT2D eigenvalue weighted by Gasteiger charge is -2.02. The van der Waals surface area contributed by atoms with Gasteiger partial charge >= 0.3 is 5.97 Å². The molecule has 0 aromatic carbocycles. The second-order valence-electron chi connectivity index (χ2n) is 1.94. The summed E-state index contributed by atoms with van der Waals surface area (Å²) in [4.78, 5) is 17.7. The number of hydrogen-bond acceptors (Lipinski definition) is 4. The zero-order valence-electron chi connectivity index (χ0n) is 6.21. The molecule has 0 spiro atoms. The molecule has 0 amide bonds. The van der Waals surface area contributed by atoms with E-state index in [9.17, 15) is 4.79 Å². The van der Waals surface area contributed by atoms with E-state index in [1.165, 1.54) is 0 Å². The minimum atomic E-state index is -1.17. The smallest absolute Gasteiger partial charge is 0.356 e. The summed E-state index contributed by atoms with van der Waals surface area (Å²) in [6, 6.07) is 0. The van der Waals surface area contributed by atoms with Gasteiger partial charge in [-0.15, -0.1) is 0 Å². The highest BCUT2D eigenvalue weighted by Crippen LogP contribution is 2.20. The standard InChI is InChI=1S/C6H6ClN3O2/c1-8-5-3(7)4(6(11)12)9-2-10-5/h2H,1H3,(H,11,12)(H,8,9,10). The number of anilines is 1. The van der Waals surface area contributed by atoms with Crippen LogP contribution in [0.2, 0.25) is 5.02 Å². The van der Waals surface area contributed by atoms with Gasteiger partial charge in [0.2, 0.25) is 0 Å². The van der Waals surface area contributed by atoms with Crippen LogP contribution in [-0.4, -0.2) is 28.1 Å². The molecule has 64 valence electrons. The van der Waals surface area contributed by atoms with Crippen molar-refractivity contribution in [2.75, 3.05) is 12.4 Å². The summed E-state index contributed by atoms with van der Waals surface area (Å²) in [6.07, 6.45) is 1.14. The van der Waals surface area contributed by atoms with E-state index < -0.39 is 5.97 Å². The van der Waals surface area contributed by atoms with Gasteiger partial charge in [-0.25, -0.2) is 14.8 Å². The Labute approximate surface area is 73.4 Å². The second-order valence-corrected chi connectivity index (χ2v) is 2.32. The number of hydrogen-bond donors (Lipinski definition) is 2. The highest BCUT2D eigenvalue weighted by Gasteiger charge is 2.13. The van der Waals surface area contributed by atoms with Gasteiger partial charge < -0.3 is 10.4 Å². The molecule has 12 heavy (non-hydrogen) atoms. The van der Waals surface area contributed by atoms with E-state index in [4.69, 9.17) is 16.7 Å². The number of nitrogens with one attached hydrogen (secondary N) is 1. The van der Waals surface area contributed by atoms with Crippen molar-refractivity contribution in [1.82, 2.24) is 9.97 Å². The molecule has 1 aromatic rings. The summed E-state index contributed by atoms with van der Waals surface area (Å²) in [5.74, 6) is -0.858. The van der Waals surface area contributed by atoms with Crippen LogP contribution in [0.25, 0.3) is 0 Å². The maximum atomic E-state index is 10.5. The summed E-state index contributed by atoms with van der Waals surface area (Å²) in [5, 5.41) is 11.2. The summed E-state index contributed by atoms with van der Waals surface area (Å²) >= 11 is 5.64. The van der Waals surface area contributed by atoms with Crippen LogP contribution in [0.15, 0.2) is 6.33 Å². The van der Waals surface area contributed by atoms with Crippen molar-refractivity contribution in [3.63, 3.8) is 0 Å².